The zero-order chi connectivity index (χ0) is 16.4. The van der Waals surface area contributed by atoms with Crippen molar-refractivity contribution in [1.29, 1.82) is 0 Å². The van der Waals surface area contributed by atoms with Crippen LogP contribution < -0.4 is 4.90 Å². The van der Waals surface area contributed by atoms with Crippen molar-refractivity contribution in [2.45, 2.75) is 39.2 Å². The van der Waals surface area contributed by atoms with Crippen LogP contribution in [-0.2, 0) is 0 Å². The number of benzene rings is 1. The molecular formula is C19H25ClN2O. The van der Waals surface area contributed by atoms with Gasteiger partial charge in [-0.2, -0.15) is 0 Å². The summed E-state index contributed by atoms with van der Waals surface area (Å²) in [5.41, 5.74) is 0.980. The van der Waals surface area contributed by atoms with E-state index in [1.54, 1.807) is 0 Å². The number of pyridine rings is 1. The van der Waals surface area contributed by atoms with Gasteiger partial charge in [-0.1, -0.05) is 25.4 Å². The molecule has 1 aliphatic rings. The van der Waals surface area contributed by atoms with E-state index >= 15 is 0 Å². The van der Waals surface area contributed by atoms with Crippen molar-refractivity contribution in [3.8, 4) is 0 Å². The number of rotatable bonds is 4. The van der Waals surface area contributed by atoms with Gasteiger partial charge in [0.05, 0.1) is 11.6 Å². The number of piperidine rings is 1. The molecule has 1 atom stereocenters. The lowest BCUT2D eigenvalue weighted by molar-refractivity contribution is 0.0734. The smallest absolute Gasteiger partial charge is 0.129 e. The maximum atomic E-state index is 10.3. The third kappa shape index (κ3) is 3.96. The van der Waals surface area contributed by atoms with Gasteiger partial charge in [0.25, 0.3) is 0 Å². The molecule has 3 nitrogen and oxygen atoms in total. The van der Waals surface area contributed by atoms with Crippen molar-refractivity contribution in [1.82, 2.24) is 4.98 Å². The van der Waals surface area contributed by atoms with Crippen molar-refractivity contribution in [2.75, 3.05) is 18.0 Å². The predicted molar refractivity (Wildman–Crippen MR) is 97.2 cm³/mol. The molecule has 124 valence electrons. The zero-order valence-electron chi connectivity index (χ0n) is 13.9. The number of anilines is 1. The van der Waals surface area contributed by atoms with Crippen LogP contribution in [0.15, 0.2) is 30.3 Å². The Kier molecular flexibility index (Phi) is 5.08. The summed E-state index contributed by atoms with van der Waals surface area (Å²) in [7, 11) is 0. The molecule has 1 saturated heterocycles. The molecule has 0 bridgehead atoms. The molecule has 2 aromatic rings. The van der Waals surface area contributed by atoms with Gasteiger partial charge in [-0.3, -0.25) is 0 Å². The van der Waals surface area contributed by atoms with E-state index in [-0.39, 0.29) is 6.10 Å². The summed E-state index contributed by atoms with van der Waals surface area (Å²) in [5.74, 6) is 2.00. The molecule has 2 heterocycles. The Hall–Kier alpha value is -1.32. The van der Waals surface area contributed by atoms with Crippen molar-refractivity contribution >= 4 is 28.3 Å². The second-order valence-corrected chi connectivity index (χ2v) is 7.46. The summed E-state index contributed by atoms with van der Waals surface area (Å²) in [6.45, 7) is 6.27. The minimum Gasteiger partial charge on any atom is -0.393 e. The first-order valence-electron chi connectivity index (χ1n) is 8.52. The number of fused-ring (bicyclic) bond motifs is 1. The van der Waals surface area contributed by atoms with Crippen molar-refractivity contribution in [3.05, 3.63) is 35.4 Å². The molecule has 0 unspecified atom stereocenters. The largest absolute Gasteiger partial charge is 0.393 e. The number of hydrogen-bond acceptors (Lipinski definition) is 3. The third-order valence-corrected chi connectivity index (χ3v) is 4.99. The SMILES string of the molecule is CC(C)C[C@H](O)C1CCN(c2ccc3cc(Cl)ccc3n2)CC1. The second-order valence-electron chi connectivity index (χ2n) is 7.03. The number of halogens is 1. The fourth-order valence-electron chi connectivity index (χ4n) is 3.45. The van der Waals surface area contributed by atoms with Gasteiger partial charge in [-0.25, -0.2) is 4.98 Å². The lowest BCUT2D eigenvalue weighted by Gasteiger charge is -2.35. The van der Waals surface area contributed by atoms with Gasteiger partial charge in [-0.15, -0.1) is 0 Å². The average Bonchev–Trinajstić information content (AvgIpc) is 2.54. The molecule has 1 aromatic carbocycles. The fourth-order valence-corrected chi connectivity index (χ4v) is 3.63. The van der Waals surface area contributed by atoms with Crippen LogP contribution in [0.2, 0.25) is 5.02 Å². The number of aliphatic hydroxyl groups excluding tert-OH is 1. The first-order valence-corrected chi connectivity index (χ1v) is 8.90. The Morgan fingerprint density at radius 1 is 1.22 bits per heavy atom. The van der Waals surface area contributed by atoms with E-state index in [9.17, 15) is 5.11 Å². The highest BCUT2D eigenvalue weighted by Gasteiger charge is 2.26. The summed E-state index contributed by atoms with van der Waals surface area (Å²) >= 11 is 6.03. The quantitative estimate of drug-likeness (QED) is 0.894. The van der Waals surface area contributed by atoms with E-state index in [2.05, 4.69) is 30.9 Å². The van der Waals surface area contributed by atoms with Crippen LogP contribution in [0.1, 0.15) is 33.1 Å². The van der Waals surface area contributed by atoms with Gasteiger partial charge in [-0.05, 0) is 61.4 Å². The Bertz CT molecular complexity index is 665. The van der Waals surface area contributed by atoms with Crippen LogP contribution >= 0.6 is 11.6 Å². The van der Waals surface area contributed by atoms with E-state index in [4.69, 9.17) is 16.6 Å². The molecule has 1 aromatic heterocycles. The molecule has 3 rings (SSSR count). The van der Waals surface area contributed by atoms with Crippen LogP contribution in [0, 0.1) is 11.8 Å². The van der Waals surface area contributed by atoms with E-state index < -0.39 is 0 Å². The average molecular weight is 333 g/mol. The molecule has 0 saturated carbocycles. The number of aromatic nitrogens is 1. The summed E-state index contributed by atoms with van der Waals surface area (Å²) in [5, 5.41) is 12.1. The highest BCUT2D eigenvalue weighted by Crippen LogP contribution is 2.28. The van der Waals surface area contributed by atoms with E-state index in [0.29, 0.717) is 11.8 Å². The van der Waals surface area contributed by atoms with E-state index in [1.165, 1.54) is 0 Å². The summed E-state index contributed by atoms with van der Waals surface area (Å²) in [4.78, 5) is 7.09. The molecular weight excluding hydrogens is 308 g/mol. The predicted octanol–water partition coefficient (Wildman–Crippen LogP) is 4.51. The van der Waals surface area contributed by atoms with Gasteiger partial charge < -0.3 is 10.0 Å². The molecule has 0 radical (unpaired) electrons. The Balaban J connectivity index is 1.66. The van der Waals surface area contributed by atoms with Gasteiger partial charge in [0, 0.05) is 23.5 Å². The van der Waals surface area contributed by atoms with Crippen LogP contribution in [0.3, 0.4) is 0 Å². The first-order chi connectivity index (χ1) is 11.0. The van der Waals surface area contributed by atoms with Crippen LogP contribution in [-0.4, -0.2) is 29.3 Å². The Labute approximate surface area is 143 Å². The molecule has 23 heavy (non-hydrogen) atoms. The summed E-state index contributed by atoms with van der Waals surface area (Å²) < 4.78 is 0. The van der Waals surface area contributed by atoms with E-state index in [1.807, 2.05) is 18.2 Å². The minimum absolute atomic E-state index is 0.163. The molecule has 0 aliphatic carbocycles. The molecule has 0 amide bonds. The highest BCUT2D eigenvalue weighted by atomic mass is 35.5. The number of nitrogens with zero attached hydrogens (tertiary/aromatic N) is 2. The zero-order valence-corrected chi connectivity index (χ0v) is 14.6. The fraction of sp³-hybridized carbons (Fsp3) is 0.526. The van der Waals surface area contributed by atoms with Crippen LogP contribution in [0.5, 0.6) is 0 Å². The molecule has 1 fully saturated rings. The maximum absolute atomic E-state index is 10.3. The maximum Gasteiger partial charge on any atom is 0.129 e. The van der Waals surface area contributed by atoms with Gasteiger partial charge in [0.15, 0.2) is 0 Å². The highest BCUT2D eigenvalue weighted by molar-refractivity contribution is 6.31. The Morgan fingerprint density at radius 2 is 1.96 bits per heavy atom. The molecule has 4 heteroatoms. The molecule has 0 spiro atoms. The molecule has 1 N–H and O–H groups in total. The van der Waals surface area contributed by atoms with Crippen LogP contribution in [0.25, 0.3) is 10.9 Å². The van der Waals surface area contributed by atoms with Crippen molar-refractivity contribution in [2.24, 2.45) is 11.8 Å². The van der Waals surface area contributed by atoms with Gasteiger partial charge in [0.2, 0.25) is 0 Å². The lowest BCUT2D eigenvalue weighted by atomic mass is 9.87. The normalized spacial score (nSPS) is 17.9. The van der Waals surface area contributed by atoms with E-state index in [0.717, 1.165) is 54.1 Å². The van der Waals surface area contributed by atoms with Gasteiger partial charge in [0.1, 0.15) is 5.82 Å². The number of hydrogen-bond donors (Lipinski definition) is 1. The first kappa shape index (κ1) is 16.5. The van der Waals surface area contributed by atoms with Gasteiger partial charge >= 0.3 is 0 Å². The van der Waals surface area contributed by atoms with Crippen LogP contribution in [0.4, 0.5) is 5.82 Å². The third-order valence-electron chi connectivity index (χ3n) is 4.76. The second kappa shape index (κ2) is 7.06. The summed E-state index contributed by atoms with van der Waals surface area (Å²) in [6, 6.07) is 9.96. The lowest BCUT2D eigenvalue weighted by Crippen LogP contribution is -2.38. The molecule has 1 aliphatic heterocycles. The van der Waals surface area contributed by atoms with Crippen molar-refractivity contribution in [3.63, 3.8) is 0 Å². The topological polar surface area (TPSA) is 36.4 Å². The standard InChI is InChI=1S/C19H25ClN2O/c1-13(2)11-18(23)14-7-9-22(10-8-14)19-6-3-15-12-16(20)4-5-17(15)21-19/h3-6,12-14,18,23H,7-11H2,1-2H3/t18-/m0/s1. The Morgan fingerprint density at radius 3 is 2.65 bits per heavy atom. The number of aliphatic hydroxyl groups is 1. The monoisotopic (exact) mass is 332 g/mol. The summed E-state index contributed by atoms with van der Waals surface area (Å²) in [6.07, 6.45) is 2.81. The minimum atomic E-state index is -0.163. The van der Waals surface area contributed by atoms with Crippen molar-refractivity contribution < 1.29 is 5.11 Å².